The van der Waals surface area contributed by atoms with Crippen LogP contribution >= 0.6 is 0 Å². The van der Waals surface area contributed by atoms with Crippen LogP contribution < -0.4 is 5.32 Å². The molecule has 0 radical (unpaired) electrons. The lowest BCUT2D eigenvalue weighted by Gasteiger charge is -2.20. The van der Waals surface area contributed by atoms with Gasteiger partial charge in [0.2, 0.25) is 11.8 Å². The number of carbonyl (C=O) groups excluding carboxylic acids is 2. The first-order chi connectivity index (χ1) is 16.7. The van der Waals surface area contributed by atoms with Gasteiger partial charge < -0.3 is 15.0 Å². The van der Waals surface area contributed by atoms with Crippen LogP contribution in [0.2, 0.25) is 0 Å². The zero-order valence-corrected chi connectivity index (χ0v) is 21.1. The average molecular weight is 475 g/mol. The molecular formula is C28H34N4O3. The van der Waals surface area contributed by atoms with Crippen molar-refractivity contribution in [2.45, 2.75) is 33.1 Å². The smallest absolute Gasteiger partial charge is 0.247 e. The van der Waals surface area contributed by atoms with Gasteiger partial charge in [0.05, 0.1) is 18.0 Å². The average Bonchev–Trinajstić information content (AvgIpc) is 3.25. The zero-order valence-electron chi connectivity index (χ0n) is 21.1. The molecule has 2 amide bonds. The van der Waals surface area contributed by atoms with Crippen molar-refractivity contribution in [3.63, 3.8) is 0 Å². The van der Waals surface area contributed by atoms with Crippen LogP contribution in [0.25, 0.3) is 11.8 Å². The Labute approximate surface area is 207 Å². The van der Waals surface area contributed by atoms with Crippen molar-refractivity contribution >= 4 is 23.7 Å². The van der Waals surface area contributed by atoms with Crippen molar-refractivity contribution in [1.82, 2.24) is 14.7 Å². The van der Waals surface area contributed by atoms with Crippen molar-refractivity contribution in [2.24, 2.45) is 0 Å². The van der Waals surface area contributed by atoms with Gasteiger partial charge in [0.15, 0.2) is 0 Å². The Morgan fingerprint density at radius 2 is 1.83 bits per heavy atom. The molecule has 1 heterocycles. The number of hydrogen-bond acceptors (Lipinski definition) is 4. The highest BCUT2D eigenvalue weighted by Crippen LogP contribution is 2.26. The molecule has 0 bridgehead atoms. The summed E-state index contributed by atoms with van der Waals surface area (Å²) in [6.45, 7) is 8.76. The summed E-state index contributed by atoms with van der Waals surface area (Å²) in [6, 6.07) is 19.4. The van der Waals surface area contributed by atoms with Crippen LogP contribution in [0.5, 0.6) is 0 Å². The topological polar surface area (TPSA) is 76.5 Å². The van der Waals surface area contributed by atoms with E-state index in [1.165, 1.54) is 11.0 Å². The molecule has 0 fully saturated rings. The summed E-state index contributed by atoms with van der Waals surface area (Å²) in [5.74, 6) is -0.00931. The summed E-state index contributed by atoms with van der Waals surface area (Å²) in [7, 11) is 1.57. The third-order valence-electron chi connectivity index (χ3n) is 5.42. The quantitative estimate of drug-likeness (QED) is 0.460. The predicted molar refractivity (Wildman–Crippen MR) is 140 cm³/mol. The number of carbonyl (C=O) groups is 2. The third kappa shape index (κ3) is 7.39. The van der Waals surface area contributed by atoms with E-state index in [2.05, 4.69) is 26.1 Å². The lowest BCUT2D eigenvalue weighted by atomic mass is 9.92. The van der Waals surface area contributed by atoms with Crippen molar-refractivity contribution in [1.29, 1.82) is 0 Å². The molecule has 184 valence electrons. The summed E-state index contributed by atoms with van der Waals surface area (Å²) in [6.07, 6.45) is 3.22. The Morgan fingerprint density at radius 3 is 2.49 bits per heavy atom. The number of aromatic nitrogens is 2. The number of aryl methyl sites for hydroxylation is 1. The van der Waals surface area contributed by atoms with Crippen LogP contribution in [-0.2, 0) is 19.7 Å². The fourth-order valence-electron chi connectivity index (χ4n) is 3.45. The van der Waals surface area contributed by atoms with Crippen molar-refractivity contribution in [3.8, 4) is 5.69 Å². The molecule has 7 nitrogen and oxygen atoms in total. The van der Waals surface area contributed by atoms with E-state index in [-0.39, 0.29) is 23.8 Å². The van der Waals surface area contributed by atoms with Gasteiger partial charge in [-0.15, -0.1) is 0 Å². The molecule has 2 aromatic carbocycles. The fourth-order valence-corrected chi connectivity index (χ4v) is 3.45. The van der Waals surface area contributed by atoms with Crippen LogP contribution in [-0.4, -0.2) is 53.3 Å². The molecule has 7 heteroatoms. The molecule has 3 rings (SSSR count). The molecule has 0 spiro atoms. The minimum absolute atomic E-state index is 0.106. The van der Waals surface area contributed by atoms with Crippen LogP contribution in [0, 0.1) is 6.92 Å². The summed E-state index contributed by atoms with van der Waals surface area (Å²) in [5, 5.41) is 7.72. The molecule has 0 aliphatic rings. The molecule has 0 unspecified atom stereocenters. The number of nitrogens with one attached hydrogen (secondary N) is 1. The number of rotatable bonds is 9. The Hall–Kier alpha value is -3.71. The Kier molecular flexibility index (Phi) is 8.60. The van der Waals surface area contributed by atoms with E-state index in [0.717, 1.165) is 22.5 Å². The largest absolute Gasteiger partial charge is 0.383 e. The highest BCUT2D eigenvalue weighted by atomic mass is 16.5. The number of benzene rings is 2. The second-order valence-corrected chi connectivity index (χ2v) is 9.46. The number of nitrogens with zero attached hydrogens (tertiary/aromatic N) is 3. The predicted octanol–water partition coefficient (Wildman–Crippen LogP) is 4.61. The molecule has 1 aromatic heterocycles. The van der Waals surface area contributed by atoms with E-state index in [1.54, 1.807) is 17.9 Å². The van der Waals surface area contributed by atoms with Gasteiger partial charge in [-0.25, -0.2) is 4.68 Å². The monoisotopic (exact) mass is 474 g/mol. The number of amides is 2. The first-order valence-electron chi connectivity index (χ1n) is 11.7. The van der Waals surface area contributed by atoms with Crippen molar-refractivity contribution in [2.75, 3.05) is 32.1 Å². The highest BCUT2D eigenvalue weighted by molar-refractivity contribution is 5.97. The van der Waals surface area contributed by atoms with Gasteiger partial charge in [0, 0.05) is 31.2 Å². The van der Waals surface area contributed by atoms with Crippen molar-refractivity contribution < 1.29 is 14.3 Å². The van der Waals surface area contributed by atoms with Crippen molar-refractivity contribution in [3.05, 3.63) is 83.6 Å². The fraction of sp³-hybridized carbons (Fsp3) is 0.321. The van der Waals surface area contributed by atoms with Gasteiger partial charge in [-0.1, -0.05) is 63.2 Å². The number of methoxy groups -OCH3 is 1. The second-order valence-electron chi connectivity index (χ2n) is 9.46. The molecule has 3 aromatic rings. The van der Waals surface area contributed by atoms with Crippen LogP contribution in [0.15, 0.2) is 66.7 Å². The molecule has 0 saturated heterocycles. The normalized spacial score (nSPS) is 11.6. The molecule has 1 N–H and O–H groups in total. The SMILES string of the molecule is COCCN(CC(=O)Nc1cc(C(C)(C)C)nn1-c1cccc(C)c1)C(=O)/C=C/c1ccccc1. The molecule has 0 saturated carbocycles. The first-order valence-corrected chi connectivity index (χ1v) is 11.7. The number of anilines is 1. The number of hydrogen-bond donors (Lipinski definition) is 1. The lowest BCUT2D eigenvalue weighted by molar-refractivity contribution is -0.131. The molecule has 35 heavy (non-hydrogen) atoms. The molecule has 0 aliphatic heterocycles. The van der Waals surface area contributed by atoms with E-state index < -0.39 is 0 Å². The van der Waals surface area contributed by atoms with Crippen LogP contribution in [0.3, 0.4) is 0 Å². The summed E-state index contributed by atoms with van der Waals surface area (Å²) < 4.78 is 6.89. The van der Waals surface area contributed by atoms with Gasteiger partial charge in [-0.3, -0.25) is 9.59 Å². The van der Waals surface area contributed by atoms with E-state index in [1.807, 2.05) is 67.6 Å². The second kappa shape index (κ2) is 11.6. The Balaban J connectivity index is 1.80. The van der Waals surface area contributed by atoms with E-state index >= 15 is 0 Å². The van der Waals surface area contributed by atoms with Gasteiger partial charge >= 0.3 is 0 Å². The number of ether oxygens (including phenoxy) is 1. The molecule has 0 atom stereocenters. The van der Waals surface area contributed by atoms with Crippen LogP contribution in [0.1, 0.15) is 37.6 Å². The summed E-state index contributed by atoms with van der Waals surface area (Å²) in [5.41, 5.74) is 3.52. The van der Waals surface area contributed by atoms with Gasteiger partial charge in [0.1, 0.15) is 12.4 Å². The van der Waals surface area contributed by atoms with Gasteiger partial charge in [0.25, 0.3) is 0 Å². The summed E-state index contributed by atoms with van der Waals surface area (Å²) in [4.78, 5) is 27.4. The summed E-state index contributed by atoms with van der Waals surface area (Å²) >= 11 is 0. The maximum Gasteiger partial charge on any atom is 0.247 e. The highest BCUT2D eigenvalue weighted by Gasteiger charge is 2.22. The maximum absolute atomic E-state index is 13.1. The third-order valence-corrected chi connectivity index (χ3v) is 5.42. The first kappa shape index (κ1) is 25.9. The minimum Gasteiger partial charge on any atom is -0.383 e. The maximum atomic E-state index is 13.1. The van der Waals surface area contributed by atoms with Crippen LogP contribution in [0.4, 0.5) is 5.82 Å². The Morgan fingerprint density at radius 1 is 1.09 bits per heavy atom. The van der Waals surface area contributed by atoms with E-state index in [9.17, 15) is 9.59 Å². The molecule has 0 aliphatic carbocycles. The standard InChI is InChI=1S/C28H34N4O3/c1-21-10-9-13-23(18-21)32-25(19-24(30-32)28(2,3)4)29-26(33)20-31(16-17-35-5)27(34)15-14-22-11-7-6-8-12-22/h6-15,18-19H,16-17,20H2,1-5H3,(H,29,33)/b15-14+. The molecular weight excluding hydrogens is 440 g/mol. The zero-order chi connectivity index (χ0) is 25.4. The lowest BCUT2D eigenvalue weighted by Crippen LogP contribution is -2.39. The van der Waals surface area contributed by atoms with Gasteiger partial charge in [-0.05, 0) is 36.3 Å². The van der Waals surface area contributed by atoms with E-state index in [0.29, 0.717) is 19.0 Å². The van der Waals surface area contributed by atoms with E-state index in [4.69, 9.17) is 9.84 Å². The Bertz CT molecular complexity index is 1180. The minimum atomic E-state index is -0.308. The van der Waals surface area contributed by atoms with Gasteiger partial charge in [-0.2, -0.15) is 5.10 Å².